The van der Waals surface area contributed by atoms with E-state index >= 15 is 0 Å². The molecule has 1 fully saturated rings. The number of carbonyl (C=O) groups excluding carboxylic acids is 2. The van der Waals surface area contributed by atoms with Gasteiger partial charge in [-0.1, -0.05) is 60.7 Å². The molecular formula is C28H25NO3. The number of nitrogens with zero attached hydrogens (tertiary/aromatic N) is 1. The zero-order chi connectivity index (χ0) is 22.4. The lowest BCUT2D eigenvalue weighted by molar-refractivity contribution is -0.126. The van der Waals surface area contributed by atoms with Gasteiger partial charge in [-0.15, -0.1) is 0 Å². The van der Waals surface area contributed by atoms with Crippen molar-refractivity contribution in [2.24, 2.45) is 11.8 Å². The summed E-state index contributed by atoms with van der Waals surface area (Å²) in [4.78, 5) is 29.5. The molecule has 3 atom stereocenters. The van der Waals surface area contributed by atoms with E-state index in [1.165, 1.54) is 4.90 Å². The first-order chi connectivity index (χ1) is 15.4. The number of aliphatic hydroxyl groups is 1. The second kappa shape index (κ2) is 6.39. The highest BCUT2D eigenvalue weighted by Gasteiger charge is 2.69. The van der Waals surface area contributed by atoms with E-state index < -0.39 is 23.4 Å². The van der Waals surface area contributed by atoms with Crippen LogP contribution in [0.1, 0.15) is 46.2 Å². The summed E-state index contributed by atoms with van der Waals surface area (Å²) in [5.74, 6) is -1.72. The van der Waals surface area contributed by atoms with Crippen LogP contribution in [0.4, 0.5) is 5.69 Å². The van der Waals surface area contributed by atoms with Crippen LogP contribution in [-0.2, 0) is 15.0 Å². The van der Waals surface area contributed by atoms with Crippen molar-refractivity contribution in [2.45, 2.75) is 38.2 Å². The van der Waals surface area contributed by atoms with Gasteiger partial charge < -0.3 is 5.11 Å². The monoisotopic (exact) mass is 423 g/mol. The number of hydrogen-bond donors (Lipinski definition) is 1. The van der Waals surface area contributed by atoms with Crippen molar-refractivity contribution in [1.82, 2.24) is 0 Å². The molecule has 1 heterocycles. The van der Waals surface area contributed by atoms with Crippen LogP contribution in [0.15, 0.2) is 66.7 Å². The maximum Gasteiger partial charge on any atom is 0.239 e. The fourth-order valence-corrected chi connectivity index (χ4v) is 6.74. The Kier molecular flexibility index (Phi) is 3.89. The number of carbonyl (C=O) groups is 2. The van der Waals surface area contributed by atoms with E-state index in [1.807, 2.05) is 68.4 Å². The van der Waals surface area contributed by atoms with E-state index in [0.29, 0.717) is 5.69 Å². The van der Waals surface area contributed by atoms with Gasteiger partial charge in [0.15, 0.2) is 0 Å². The average Bonchev–Trinajstić information content (AvgIpc) is 3.06. The molecule has 2 amide bonds. The van der Waals surface area contributed by atoms with Crippen molar-refractivity contribution in [3.8, 4) is 0 Å². The van der Waals surface area contributed by atoms with Crippen molar-refractivity contribution in [3.63, 3.8) is 0 Å². The normalized spacial score (nSPS) is 28.4. The molecule has 3 aliphatic carbocycles. The van der Waals surface area contributed by atoms with Crippen molar-refractivity contribution >= 4 is 17.5 Å². The number of amides is 2. The van der Waals surface area contributed by atoms with E-state index in [-0.39, 0.29) is 17.7 Å². The molecule has 1 aliphatic heterocycles. The van der Waals surface area contributed by atoms with Gasteiger partial charge in [-0.3, -0.25) is 9.59 Å². The summed E-state index contributed by atoms with van der Waals surface area (Å²) in [5.41, 5.74) is 5.65. The lowest BCUT2D eigenvalue weighted by Gasteiger charge is -2.55. The van der Waals surface area contributed by atoms with Crippen LogP contribution in [-0.4, -0.2) is 23.0 Å². The summed E-state index contributed by atoms with van der Waals surface area (Å²) in [6, 6.07) is 21.9. The van der Waals surface area contributed by atoms with E-state index in [4.69, 9.17) is 0 Å². The van der Waals surface area contributed by atoms with Crippen LogP contribution in [0.2, 0.25) is 0 Å². The van der Waals surface area contributed by atoms with E-state index in [2.05, 4.69) is 12.1 Å². The van der Waals surface area contributed by atoms with Gasteiger partial charge in [0.25, 0.3) is 0 Å². The van der Waals surface area contributed by atoms with Gasteiger partial charge in [0, 0.05) is 5.92 Å². The molecule has 0 radical (unpaired) electrons. The number of aryl methyl sites for hydroxylation is 2. The Morgan fingerprint density at radius 3 is 2.06 bits per heavy atom. The summed E-state index contributed by atoms with van der Waals surface area (Å²) in [7, 11) is 0. The van der Waals surface area contributed by atoms with Gasteiger partial charge >= 0.3 is 0 Å². The molecule has 160 valence electrons. The van der Waals surface area contributed by atoms with Crippen LogP contribution in [0.25, 0.3) is 0 Å². The molecule has 4 heteroatoms. The average molecular weight is 424 g/mol. The first-order valence-electron chi connectivity index (χ1n) is 11.2. The lowest BCUT2D eigenvalue weighted by atomic mass is 9.46. The van der Waals surface area contributed by atoms with Gasteiger partial charge in [-0.05, 0) is 60.2 Å². The minimum absolute atomic E-state index is 0.160. The molecule has 0 saturated carbocycles. The standard InChI is InChI=1S/C28H25NO3/c1-15-12-13-16(2)22(14-15)29-26(31)24-23-18-8-4-6-10-20(18)28(17(3)30,25(24)27(29)32)21-11-7-5-9-19(21)23/h4-14,17,23-25,30H,1-3H3. The van der Waals surface area contributed by atoms with Crippen LogP contribution >= 0.6 is 0 Å². The Hall–Kier alpha value is -3.24. The van der Waals surface area contributed by atoms with Crippen molar-refractivity contribution in [3.05, 3.63) is 100 Å². The number of anilines is 1. The topological polar surface area (TPSA) is 57.6 Å². The zero-order valence-electron chi connectivity index (χ0n) is 18.4. The third-order valence-electron chi connectivity index (χ3n) is 7.95. The van der Waals surface area contributed by atoms with Crippen molar-refractivity contribution < 1.29 is 14.7 Å². The quantitative estimate of drug-likeness (QED) is 0.628. The molecule has 4 nitrogen and oxygen atoms in total. The summed E-state index contributed by atoms with van der Waals surface area (Å²) < 4.78 is 0. The van der Waals surface area contributed by atoms with Gasteiger partial charge in [0.2, 0.25) is 11.8 Å². The van der Waals surface area contributed by atoms with Gasteiger partial charge in [0.1, 0.15) is 0 Å². The zero-order valence-corrected chi connectivity index (χ0v) is 18.4. The number of benzene rings is 3. The van der Waals surface area contributed by atoms with E-state index in [0.717, 1.165) is 33.4 Å². The van der Waals surface area contributed by atoms with Crippen molar-refractivity contribution in [2.75, 3.05) is 4.90 Å². The first-order valence-corrected chi connectivity index (χ1v) is 11.2. The SMILES string of the molecule is Cc1ccc(C)c(N2C(=O)C3C4c5ccccc5C(C(C)O)(c5ccccc54)C3C2=O)c1. The van der Waals surface area contributed by atoms with Crippen molar-refractivity contribution in [1.29, 1.82) is 0 Å². The Morgan fingerprint density at radius 1 is 0.875 bits per heavy atom. The van der Waals surface area contributed by atoms with Gasteiger partial charge in [-0.2, -0.15) is 0 Å². The van der Waals surface area contributed by atoms with E-state index in [1.54, 1.807) is 6.92 Å². The molecular weight excluding hydrogens is 398 g/mol. The second-order valence-corrected chi connectivity index (χ2v) is 9.50. The molecule has 2 bridgehead atoms. The summed E-state index contributed by atoms with van der Waals surface area (Å²) in [6.07, 6.45) is -0.839. The first kappa shape index (κ1) is 19.4. The fraction of sp³-hybridized carbons (Fsp3) is 0.286. The number of imide groups is 1. The minimum Gasteiger partial charge on any atom is -0.392 e. The smallest absolute Gasteiger partial charge is 0.239 e. The molecule has 0 spiro atoms. The Morgan fingerprint density at radius 2 is 1.47 bits per heavy atom. The number of aliphatic hydroxyl groups excluding tert-OH is 1. The maximum absolute atomic E-state index is 14.1. The Bertz CT molecular complexity index is 1260. The summed E-state index contributed by atoms with van der Waals surface area (Å²) >= 11 is 0. The molecule has 3 aromatic rings. The van der Waals surface area contributed by atoms with Gasteiger partial charge in [0.05, 0.1) is 29.0 Å². The highest BCUT2D eigenvalue weighted by molar-refractivity contribution is 6.24. The Labute approximate surface area is 187 Å². The molecule has 3 unspecified atom stereocenters. The molecule has 1 N–H and O–H groups in total. The molecule has 0 aromatic heterocycles. The van der Waals surface area contributed by atoms with Crippen LogP contribution < -0.4 is 4.90 Å². The predicted molar refractivity (Wildman–Crippen MR) is 123 cm³/mol. The lowest BCUT2D eigenvalue weighted by Crippen LogP contribution is -2.58. The third kappa shape index (κ3) is 2.11. The molecule has 7 rings (SSSR count). The highest BCUT2D eigenvalue weighted by atomic mass is 16.3. The molecule has 32 heavy (non-hydrogen) atoms. The van der Waals surface area contributed by atoms with E-state index in [9.17, 15) is 14.7 Å². The number of rotatable bonds is 2. The predicted octanol–water partition coefficient (Wildman–Crippen LogP) is 4.24. The molecule has 3 aromatic carbocycles. The van der Waals surface area contributed by atoms with Crippen LogP contribution in [0, 0.1) is 25.7 Å². The second-order valence-electron chi connectivity index (χ2n) is 9.50. The summed E-state index contributed by atoms with van der Waals surface area (Å²) in [6.45, 7) is 5.65. The summed E-state index contributed by atoms with van der Waals surface area (Å²) in [5, 5.41) is 11.4. The number of hydrogen-bond acceptors (Lipinski definition) is 3. The maximum atomic E-state index is 14.1. The highest BCUT2D eigenvalue weighted by Crippen LogP contribution is 2.65. The Balaban J connectivity index is 1.67. The third-order valence-corrected chi connectivity index (χ3v) is 7.95. The van der Waals surface area contributed by atoms with Gasteiger partial charge in [-0.25, -0.2) is 4.90 Å². The molecule has 1 saturated heterocycles. The molecule has 4 aliphatic rings. The van der Waals surface area contributed by atoms with Crippen LogP contribution in [0.5, 0.6) is 0 Å². The minimum atomic E-state index is -0.953. The van der Waals surface area contributed by atoms with Crippen LogP contribution in [0.3, 0.4) is 0 Å². The largest absolute Gasteiger partial charge is 0.392 e. The fourth-order valence-electron chi connectivity index (χ4n) is 6.74.